The number of ether oxygens (including phenoxy) is 3. The van der Waals surface area contributed by atoms with Crippen LogP contribution in [-0.2, 0) is 53.7 Å². The van der Waals surface area contributed by atoms with Crippen LogP contribution < -0.4 is 10.6 Å². The molecule has 1 fully saturated rings. The maximum Gasteiger partial charge on any atom is 0.510 e. The van der Waals surface area contributed by atoms with E-state index in [1.165, 1.54) is 13.8 Å². The smallest absolute Gasteiger partial charge is 0.430 e. The number of hydrogen-bond acceptors (Lipinski definition) is 11. The van der Waals surface area contributed by atoms with Crippen molar-refractivity contribution in [1.29, 1.82) is 0 Å². The van der Waals surface area contributed by atoms with E-state index in [2.05, 4.69) is 19.9 Å². The van der Waals surface area contributed by atoms with Gasteiger partial charge in [0.15, 0.2) is 11.6 Å². The number of carbonyl (C=O) groups is 6. The summed E-state index contributed by atoms with van der Waals surface area (Å²) < 4.78 is 30.1. The quantitative estimate of drug-likeness (QED) is 0.0543. The van der Waals surface area contributed by atoms with Crippen LogP contribution in [-0.4, -0.2) is 82.3 Å². The number of amides is 2. The van der Waals surface area contributed by atoms with Gasteiger partial charge in [-0.1, -0.05) is 58.0 Å². The number of nitrogens with one attached hydrogen (secondary N) is 2. The van der Waals surface area contributed by atoms with Crippen LogP contribution in [0.2, 0.25) is 0 Å². The van der Waals surface area contributed by atoms with Gasteiger partial charge in [0, 0.05) is 18.8 Å². The monoisotopic (exact) mass is 740 g/mol. The first-order valence-corrected chi connectivity index (χ1v) is 18.6. The fourth-order valence-corrected chi connectivity index (χ4v) is 5.72. The van der Waals surface area contributed by atoms with Gasteiger partial charge in [-0.15, -0.1) is 0 Å². The molecule has 1 aromatic rings. The molecule has 1 heterocycles. The summed E-state index contributed by atoms with van der Waals surface area (Å²) in [6.07, 6.45) is -2.01. The van der Waals surface area contributed by atoms with Crippen LogP contribution in [0.1, 0.15) is 86.1 Å². The molecule has 0 unspecified atom stereocenters. The summed E-state index contributed by atoms with van der Waals surface area (Å²) in [5, 5.41) is 5.51. The van der Waals surface area contributed by atoms with Crippen LogP contribution in [0.25, 0.3) is 0 Å². The zero-order valence-electron chi connectivity index (χ0n) is 30.4. The van der Waals surface area contributed by atoms with Gasteiger partial charge in [0.25, 0.3) is 0 Å². The number of ketones is 3. The second-order valence-electron chi connectivity index (χ2n) is 14.1. The van der Waals surface area contributed by atoms with Crippen molar-refractivity contribution < 1.29 is 61.9 Å². The molecule has 0 aliphatic carbocycles. The normalized spacial score (nSPS) is 18.6. The largest absolute Gasteiger partial charge is 0.510 e. The van der Waals surface area contributed by atoms with Gasteiger partial charge in [0.2, 0.25) is 18.6 Å². The molecule has 0 aromatic heterocycles. The maximum absolute atomic E-state index is 14.0. The van der Waals surface area contributed by atoms with E-state index < -0.39 is 80.4 Å². The SMILES string of the molecule is CC(=O)C[C@@H](CCc1ccccc1)C(=O)N[C@@H](CC(C)C)C(=O)C[C@H](C(=O)N[C@@H](CC(C)C)C(=O)[C@@]1(C)CO1)[C@@H](C)OC(=O)OCOP(=O)(O)O. The minimum absolute atomic E-state index is 0.0187. The summed E-state index contributed by atoms with van der Waals surface area (Å²) in [6.45, 7) is 10.8. The van der Waals surface area contributed by atoms with Gasteiger partial charge < -0.3 is 39.4 Å². The molecule has 1 aliphatic rings. The highest BCUT2D eigenvalue weighted by molar-refractivity contribution is 7.46. The van der Waals surface area contributed by atoms with Crippen molar-refractivity contribution in [3.05, 3.63) is 35.9 Å². The van der Waals surface area contributed by atoms with E-state index in [-0.39, 0.29) is 49.3 Å². The number of hydrogen-bond donors (Lipinski definition) is 4. The molecule has 0 bridgehead atoms. The van der Waals surface area contributed by atoms with Crippen molar-refractivity contribution in [2.45, 2.75) is 111 Å². The summed E-state index contributed by atoms with van der Waals surface area (Å²) in [6, 6.07) is 7.41. The van der Waals surface area contributed by atoms with Gasteiger partial charge in [-0.2, -0.15) is 0 Å². The van der Waals surface area contributed by atoms with Crippen LogP contribution in [0.15, 0.2) is 30.3 Å². The summed E-state index contributed by atoms with van der Waals surface area (Å²) in [5.74, 6) is -4.57. The number of rotatable bonds is 23. The third-order valence-corrected chi connectivity index (χ3v) is 8.83. The van der Waals surface area contributed by atoms with E-state index in [4.69, 9.17) is 19.3 Å². The van der Waals surface area contributed by atoms with E-state index in [1.54, 1.807) is 6.92 Å². The molecular weight excluding hydrogens is 687 g/mol. The third-order valence-electron chi connectivity index (χ3n) is 8.38. The predicted octanol–water partition coefficient (Wildman–Crippen LogP) is 3.82. The van der Waals surface area contributed by atoms with Crippen LogP contribution in [0.5, 0.6) is 0 Å². The number of epoxide rings is 1. The van der Waals surface area contributed by atoms with Gasteiger partial charge in [-0.25, -0.2) is 13.9 Å². The Balaban J connectivity index is 2.32. The van der Waals surface area contributed by atoms with Gasteiger partial charge in [0.1, 0.15) is 17.5 Å². The fraction of sp³-hybridized carbons (Fsp3) is 0.657. The highest BCUT2D eigenvalue weighted by atomic mass is 31.2. The molecule has 6 atom stereocenters. The third kappa shape index (κ3) is 16.2. The highest BCUT2D eigenvalue weighted by Crippen LogP contribution is 2.35. The summed E-state index contributed by atoms with van der Waals surface area (Å²) in [4.78, 5) is 96.9. The Labute approximate surface area is 299 Å². The van der Waals surface area contributed by atoms with Crippen LogP contribution in [0, 0.1) is 23.7 Å². The number of aryl methyl sites for hydroxylation is 1. The molecule has 4 N–H and O–H groups in total. The number of phosphoric acid groups is 1. The average Bonchev–Trinajstić information content (AvgIpc) is 3.77. The Bertz CT molecular complexity index is 1410. The van der Waals surface area contributed by atoms with Gasteiger partial charge in [-0.05, 0) is 63.9 Å². The second-order valence-corrected chi connectivity index (χ2v) is 15.4. The number of benzene rings is 1. The molecule has 1 aromatic carbocycles. The van der Waals surface area contributed by atoms with Crippen LogP contribution in [0.3, 0.4) is 0 Å². The first-order chi connectivity index (χ1) is 23.7. The lowest BCUT2D eigenvalue weighted by molar-refractivity contribution is -0.138. The van der Waals surface area contributed by atoms with Gasteiger partial charge in [0.05, 0.1) is 24.6 Å². The number of phosphoric ester groups is 1. The molecule has 286 valence electrons. The first-order valence-electron chi connectivity index (χ1n) is 17.1. The minimum atomic E-state index is -4.96. The van der Waals surface area contributed by atoms with Gasteiger partial charge in [-0.3, -0.25) is 19.2 Å². The molecule has 1 saturated heterocycles. The summed E-state index contributed by atoms with van der Waals surface area (Å²) in [7, 11) is -4.96. The zero-order valence-corrected chi connectivity index (χ0v) is 31.3. The lowest BCUT2D eigenvalue weighted by Crippen LogP contribution is -2.51. The van der Waals surface area contributed by atoms with E-state index >= 15 is 0 Å². The Morgan fingerprint density at radius 1 is 0.902 bits per heavy atom. The van der Waals surface area contributed by atoms with Crippen LogP contribution in [0.4, 0.5) is 4.79 Å². The number of carbonyl (C=O) groups excluding carboxylic acids is 6. The Morgan fingerprint density at radius 2 is 1.47 bits per heavy atom. The average molecular weight is 741 g/mol. The van der Waals surface area contributed by atoms with Crippen molar-refractivity contribution in [3.63, 3.8) is 0 Å². The lowest BCUT2D eigenvalue weighted by atomic mass is 9.88. The molecule has 0 spiro atoms. The summed E-state index contributed by atoms with van der Waals surface area (Å²) in [5.41, 5.74) is -0.0771. The van der Waals surface area contributed by atoms with Crippen molar-refractivity contribution in [2.75, 3.05) is 13.4 Å². The van der Waals surface area contributed by atoms with E-state index in [0.717, 1.165) is 5.56 Å². The molecule has 2 rings (SSSR count). The Kier molecular flexibility index (Phi) is 17.1. The van der Waals surface area contributed by atoms with Crippen molar-refractivity contribution in [2.24, 2.45) is 23.7 Å². The molecule has 0 saturated carbocycles. The van der Waals surface area contributed by atoms with E-state index in [9.17, 15) is 33.3 Å². The molecule has 2 amide bonds. The summed E-state index contributed by atoms with van der Waals surface area (Å²) >= 11 is 0. The van der Waals surface area contributed by atoms with Crippen LogP contribution >= 0.6 is 7.82 Å². The van der Waals surface area contributed by atoms with Crippen molar-refractivity contribution in [3.8, 4) is 0 Å². The second kappa shape index (κ2) is 19.9. The zero-order chi connectivity index (χ0) is 38.5. The van der Waals surface area contributed by atoms with Gasteiger partial charge >= 0.3 is 14.0 Å². The highest BCUT2D eigenvalue weighted by Gasteiger charge is 2.50. The molecule has 0 radical (unpaired) electrons. The maximum atomic E-state index is 14.0. The number of Topliss-reactive ketones (excluding diaryl/α,β-unsaturated/α-hetero) is 3. The topological polar surface area (TPSA) is 224 Å². The van der Waals surface area contributed by atoms with Crippen molar-refractivity contribution >= 4 is 43.1 Å². The minimum Gasteiger partial charge on any atom is -0.430 e. The first kappa shape index (κ1) is 43.7. The molecular formula is C35H53N2O13P. The molecule has 15 nitrogen and oxygen atoms in total. The molecule has 16 heteroatoms. The standard InChI is InChI=1S/C35H53N2O13P/c1-21(2)15-28(36-32(41)26(17-23(5)38)14-13-25-11-9-8-10-12-25)30(39)18-27(24(6)50-34(43)47-20-49-51(44,45)46)33(42)37-29(16-22(3)4)31(40)35(7)19-48-35/h8-12,21-22,24,26-29H,13-20H2,1-7H3,(H,36,41)(H,37,42)(H2,44,45,46)/t24-,26-,27+,28+,29+,35-/m1/s1. The molecule has 51 heavy (non-hydrogen) atoms. The lowest BCUT2D eigenvalue weighted by Gasteiger charge is -2.29. The predicted molar refractivity (Wildman–Crippen MR) is 184 cm³/mol. The van der Waals surface area contributed by atoms with Crippen molar-refractivity contribution in [1.82, 2.24) is 10.6 Å². The van der Waals surface area contributed by atoms with E-state index in [0.29, 0.717) is 12.8 Å². The molecule has 1 aliphatic heterocycles. The fourth-order valence-electron chi connectivity index (χ4n) is 5.53. The van der Waals surface area contributed by atoms with E-state index in [1.807, 2.05) is 58.0 Å². The Hall–Kier alpha value is -3.49. The Morgan fingerprint density at radius 3 is 2.00 bits per heavy atom.